The summed E-state index contributed by atoms with van der Waals surface area (Å²) in [6.07, 6.45) is -5.96. The van der Waals surface area contributed by atoms with Crippen LogP contribution in [0.15, 0.2) is 48.5 Å². The van der Waals surface area contributed by atoms with Gasteiger partial charge >= 0.3 is 12.1 Å². The van der Waals surface area contributed by atoms with Gasteiger partial charge in [-0.25, -0.2) is 4.79 Å². The summed E-state index contributed by atoms with van der Waals surface area (Å²) in [5.74, 6) is -1.50. The van der Waals surface area contributed by atoms with Crippen LogP contribution in [0.4, 0.5) is 13.2 Å². The zero-order chi connectivity index (χ0) is 16.3. The second kappa shape index (κ2) is 6.27. The number of aliphatic carboxylic acids is 1. The third-order valence-corrected chi connectivity index (χ3v) is 3.06. The summed E-state index contributed by atoms with van der Waals surface area (Å²) in [7, 11) is 0. The van der Waals surface area contributed by atoms with Crippen molar-refractivity contribution in [2.75, 3.05) is 0 Å². The molecule has 0 saturated carbocycles. The van der Waals surface area contributed by atoms with Crippen LogP contribution in [-0.4, -0.2) is 11.1 Å². The van der Waals surface area contributed by atoms with E-state index >= 15 is 0 Å². The molecule has 116 valence electrons. The number of carboxylic acids is 1. The smallest absolute Gasteiger partial charge is 0.416 e. The van der Waals surface area contributed by atoms with Crippen molar-refractivity contribution < 1.29 is 27.8 Å². The van der Waals surface area contributed by atoms with Gasteiger partial charge in [0.1, 0.15) is 5.75 Å². The maximum Gasteiger partial charge on any atom is 0.416 e. The molecule has 2 rings (SSSR count). The molecule has 0 aromatic heterocycles. The zero-order valence-electron chi connectivity index (χ0n) is 11.0. The van der Waals surface area contributed by atoms with E-state index in [0.29, 0.717) is 5.02 Å². The van der Waals surface area contributed by atoms with Gasteiger partial charge in [0.15, 0.2) is 0 Å². The number of hydrogen-bond acceptors (Lipinski definition) is 2. The number of benzene rings is 2. The molecule has 22 heavy (non-hydrogen) atoms. The van der Waals surface area contributed by atoms with Crippen molar-refractivity contribution in [3.8, 4) is 5.75 Å². The van der Waals surface area contributed by atoms with E-state index in [1.165, 1.54) is 30.3 Å². The SMILES string of the molecule is O=C(O)[C@@H](Oc1cccc(C(F)(F)F)c1)c1ccc(Cl)cc1. The number of carboxylic acid groups (broad SMARTS) is 1. The van der Waals surface area contributed by atoms with E-state index in [4.69, 9.17) is 16.3 Å². The van der Waals surface area contributed by atoms with E-state index in [1.807, 2.05) is 0 Å². The zero-order valence-corrected chi connectivity index (χ0v) is 11.7. The van der Waals surface area contributed by atoms with Gasteiger partial charge < -0.3 is 9.84 Å². The third-order valence-electron chi connectivity index (χ3n) is 2.81. The largest absolute Gasteiger partial charge is 0.478 e. The number of carbonyl (C=O) groups is 1. The van der Waals surface area contributed by atoms with Gasteiger partial charge in [-0.05, 0) is 30.3 Å². The molecule has 0 bridgehead atoms. The normalized spacial score (nSPS) is 12.7. The number of alkyl halides is 3. The Kier molecular flexibility index (Phi) is 4.61. The lowest BCUT2D eigenvalue weighted by Crippen LogP contribution is -2.18. The summed E-state index contributed by atoms with van der Waals surface area (Å²) in [6.45, 7) is 0. The predicted octanol–water partition coefficient (Wildman–Crippen LogP) is 4.56. The van der Waals surface area contributed by atoms with Gasteiger partial charge in [0.25, 0.3) is 0 Å². The summed E-state index contributed by atoms with van der Waals surface area (Å²) in [4.78, 5) is 11.3. The van der Waals surface area contributed by atoms with Gasteiger partial charge in [-0.2, -0.15) is 13.2 Å². The first-order valence-electron chi connectivity index (χ1n) is 6.09. The average Bonchev–Trinajstić information content (AvgIpc) is 2.45. The van der Waals surface area contributed by atoms with Gasteiger partial charge in [0, 0.05) is 10.6 Å². The minimum atomic E-state index is -4.53. The second-order valence-corrected chi connectivity index (χ2v) is 4.85. The standard InChI is InChI=1S/C15H10ClF3O3/c16-11-6-4-9(5-7-11)13(14(20)21)22-12-3-1-2-10(8-12)15(17,18)19/h1-8,13H,(H,20,21)/t13-/m0/s1. The Morgan fingerprint density at radius 3 is 2.32 bits per heavy atom. The van der Waals surface area contributed by atoms with Crippen LogP contribution in [0.3, 0.4) is 0 Å². The minimum absolute atomic E-state index is 0.183. The minimum Gasteiger partial charge on any atom is -0.478 e. The molecule has 0 aliphatic carbocycles. The summed E-state index contributed by atoms with van der Waals surface area (Å²) in [6, 6.07) is 9.88. The summed E-state index contributed by atoms with van der Waals surface area (Å²) in [5.41, 5.74) is -0.639. The molecular formula is C15H10ClF3O3. The van der Waals surface area contributed by atoms with Crippen LogP contribution < -0.4 is 4.74 Å². The number of rotatable bonds is 4. The topological polar surface area (TPSA) is 46.5 Å². The fourth-order valence-electron chi connectivity index (χ4n) is 1.78. The Hall–Kier alpha value is -2.21. The van der Waals surface area contributed by atoms with Crippen LogP contribution in [0.2, 0.25) is 5.02 Å². The van der Waals surface area contributed by atoms with Crippen molar-refractivity contribution in [2.45, 2.75) is 12.3 Å². The summed E-state index contributed by atoms with van der Waals surface area (Å²) >= 11 is 5.71. The van der Waals surface area contributed by atoms with Crippen molar-refractivity contribution in [1.29, 1.82) is 0 Å². The molecule has 0 fully saturated rings. The molecule has 7 heteroatoms. The van der Waals surface area contributed by atoms with Gasteiger partial charge in [0.2, 0.25) is 6.10 Å². The van der Waals surface area contributed by atoms with Crippen LogP contribution in [-0.2, 0) is 11.0 Å². The molecule has 0 radical (unpaired) electrons. The van der Waals surface area contributed by atoms with Crippen LogP contribution in [0.5, 0.6) is 5.75 Å². The molecular weight excluding hydrogens is 321 g/mol. The lowest BCUT2D eigenvalue weighted by Gasteiger charge is -2.16. The average molecular weight is 331 g/mol. The fraction of sp³-hybridized carbons (Fsp3) is 0.133. The summed E-state index contributed by atoms with van der Waals surface area (Å²) < 4.78 is 43.1. The van der Waals surface area contributed by atoms with E-state index in [1.54, 1.807) is 0 Å². The molecule has 0 aliphatic heterocycles. The molecule has 0 spiro atoms. The summed E-state index contributed by atoms with van der Waals surface area (Å²) in [5, 5.41) is 9.62. The molecule has 2 aromatic carbocycles. The highest BCUT2D eigenvalue weighted by molar-refractivity contribution is 6.30. The van der Waals surface area contributed by atoms with Gasteiger partial charge in [0.05, 0.1) is 5.56 Å². The highest BCUT2D eigenvalue weighted by atomic mass is 35.5. The number of ether oxygens (including phenoxy) is 1. The Morgan fingerprint density at radius 1 is 1.14 bits per heavy atom. The third kappa shape index (κ3) is 3.92. The number of halogens is 4. The predicted molar refractivity (Wildman–Crippen MR) is 73.9 cm³/mol. The van der Waals surface area contributed by atoms with Crippen LogP contribution in [0, 0.1) is 0 Å². The lowest BCUT2D eigenvalue weighted by atomic mass is 10.1. The van der Waals surface area contributed by atoms with Crippen LogP contribution >= 0.6 is 11.6 Å². The van der Waals surface area contributed by atoms with Gasteiger partial charge in [-0.15, -0.1) is 0 Å². The van der Waals surface area contributed by atoms with Crippen molar-refractivity contribution in [3.63, 3.8) is 0 Å². The molecule has 1 N–H and O–H groups in total. The first-order chi connectivity index (χ1) is 10.3. The van der Waals surface area contributed by atoms with Crippen molar-refractivity contribution in [1.82, 2.24) is 0 Å². The van der Waals surface area contributed by atoms with Crippen LogP contribution in [0.25, 0.3) is 0 Å². The van der Waals surface area contributed by atoms with E-state index in [2.05, 4.69) is 0 Å². The first-order valence-corrected chi connectivity index (χ1v) is 6.47. The highest BCUT2D eigenvalue weighted by Crippen LogP contribution is 2.32. The first kappa shape index (κ1) is 16.2. The molecule has 0 amide bonds. The highest BCUT2D eigenvalue weighted by Gasteiger charge is 2.31. The molecule has 3 nitrogen and oxygen atoms in total. The van der Waals surface area contributed by atoms with Gasteiger partial charge in [-0.1, -0.05) is 29.8 Å². The molecule has 0 aliphatic rings. The molecule has 1 atom stereocenters. The molecule has 0 unspecified atom stereocenters. The Morgan fingerprint density at radius 2 is 1.77 bits per heavy atom. The van der Waals surface area contributed by atoms with E-state index in [-0.39, 0.29) is 11.3 Å². The second-order valence-electron chi connectivity index (χ2n) is 4.41. The Bertz CT molecular complexity index is 668. The maximum atomic E-state index is 12.6. The van der Waals surface area contributed by atoms with Gasteiger partial charge in [-0.3, -0.25) is 0 Å². The molecule has 2 aromatic rings. The monoisotopic (exact) mass is 330 g/mol. The molecule has 0 heterocycles. The quantitative estimate of drug-likeness (QED) is 0.893. The number of hydrogen-bond donors (Lipinski definition) is 1. The Labute approximate surface area is 128 Å². The maximum absolute atomic E-state index is 12.6. The van der Waals surface area contributed by atoms with E-state index < -0.39 is 23.8 Å². The molecule has 0 saturated heterocycles. The fourth-order valence-corrected chi connectivity index (χ4v) is 1.91. The Balaban J connectivity index is 2.29. The van der Waals surface area contributed by atoms with Crippen molar-refractivity contribution in [2.24, 2.45) is 0 Å². The van der Waals surface area contributed by atoms with Crippen molar-refractivity contribution >= 4 is 17.6 Å². The van der Waals surface area contributed by atoms with E-state index in [0.717, 1.165) is 18.2 Å². The lowest BCUT2D eigenvalue weighted by molar-refractivity contribution is -0.145. The van der Waals surface area contributed by atoms with Crippen molar-refractivity contribution in [3.05, 3.63) is 64.7 Å². The van der Waals surface area contributed by atoms with E-state index in [9.17, 15) is 23.1 Å². The van der Waals surface area contributed by atoms with Crippen LogP contribution in [0.1, 0.15) is 17.2 Å².